The van der Waals surface area contributed by atoms with Crippen molar-refractivity contribution >= 4 is 22.0 Å². The molecule has 1 heterocycles. The number of amides is 2. The van der Waals surface area contributed by atoms with Gasteiger partial charge in [-0.05, 0) is 43.7 Å². The number of pyridine rings is 1. The number of nitrogens with one attached hydrogen (secondary N) is 2. The number of aromatic nitrogens is 1. The van der Waals surface area contributed by atoms with Crippen LogP contribution >= 0.6 is 15.9 Å². The van der Waals surface area contributed by atoms with E-state index in [9.17, 15) is 4.79 Å². The lowest BCUT2D eigenvalue weighted by molar-refractivity contribution is 0.234. The van der Waals surface area contributed by atoms with E-state index in [4.69, 9.17) is 0 Å². The topological polar surface area (TPSA) is 54.0 Å². The van der Waals surface area contributed by atoms with Crippen molar-refractivity contribution in [3.63, 3.8) is 0 Å². The van der Waals surface area contributed by atoms with Crippen molar-refractivity contribution in [3.8, 4) is 0 Å². The van der Waals surface area contributed by atoms with Crippen LogP contribution in [0.25, 0.3) is 0 Å². The lowest BCUT2D eigenvalue weighted by atomic mass is 10.1. The SMILES string of the molecule is C[C@@H](NC(=O)N[C@H](C)c1ccccn1)c1ccc(Br)cc1. The van der Waals surface area contributed by atoms with Crippen molar-refractivity contribution in [2.75, 3.05) is 0 Å². The second kappa shape index (κ2) is 7.22. The maximum Gasteiger partial charge on any atom is 0.315 e. The Morgan fingerprint density at radius 1 is 1.05 bits per heavy atom. The predicted octanol–water partition coefficient (Wildman–Crippen LogP) is 3.97. The van der Waals surface area contributed by atoms with Gasteiger partial charge in [-0.1, -0.05) is 34.1 Å². The number of rotatable bonds is 4. The third kappa shape index (κ3) is 4.56. The van der Waals surface area contributed by atoms with Gasteiger partial charge in [-0.3, -0.25) is 4.98 Å². The number of carbonyl (C=O) groups is 1. The average molecular weight is 348 g/mol. The summed E-state index contributed by atoms with van der Waals surface area (Å²) in [5, 5.41) is 5.81. The van der Waals surface area contributed by atoms with Crippen molar-refractivity contribution in [1.29, 1.82) is 0 Å². The number of benzene rings is 1. The van der Waals surface area contributed by atoms with Crippen molar-refractivity contribution in [3.05, 3.63) is 64.4 Å². The van der Waals surface area contributed by atoms with Crippen LogP contribution in [0.4, 0.5) is 4.79 Å². The standard InChI is InChI=1S/C16H18BrN3O/c1-11(13-6-8-14(17)9-7-13)19-16(21)20-12(2)15-5-3-4-10-18-15/h3-12H,1-2H3,(H2,19,20,21)/t11-,12-/m1/s1. The van der Waals surface area contributed by atoms with E-state index in [0.29, 0.717) is 0 Å². The van der Waals surface area contributed by atoms with E-state index in [2.05, 4.69) is 31.5 Å². The average Bonchev–Trinajstić information content (AvgIpc) is 2.48. The molecule has 0 bridgehead atoms. The Bertz CT molecular complexity index is 586. The molecule has 1 aromatic carbocycles. The van der Waals surface area contributed by atoms with Crippen LogP contribution in [0.1, 0.15) is 37.2 Å². The molecule has 2 rings (SSSR count). The molecule has 1 aromatic heterocycles. The van der Waals surface area contributed by atoms with Crippen LogP contribution in [0.15, 0.2) is 53.1 Å². The number of hydrogen-bond acceptors (Lipinski definition) is 2. The highest BCUT2D eigenvalue weighted by atomic mass is 79.9. The normalized spacial score (nSPS) is 13.3. The predicted molar refractivity (Wildman–Crippen MR) is 86.9 cm³/mol. The minimum Gasteiger partial charge on any atom is -0.332 e. The third-order valence-electron chi connectivity index (χ3n) is 3.20. The fourth-order valence-electron chi connectivity index (χ4n) is 1.98. The number of carbonyl (C=O) groups excluding carboxylic acids is 1. The summed E-state index contributed by atoms with van der Waals surface area (Å²) < 4.78 is 1.02. The Morgan fingerprint density at radius 2 is 1.71 bits per heavy atom. The first-order valence-electron chi connectivity index (χ1n) is 6.79. The molecule has 0 saturated heterocycles. The highest BCUT2D eigenvalue weighted by Crippen LogP contribution is 2.16. The second-order valence-electron chi connectivity index (χ2n) is 4.87. The van der Waals surface area contributed by atoms with E-state index in [1.807, 2.05) is 56.3 Å². The first kappa shape index (κ1) is 15.5. The molecule has 0 fully saturated rings. The Labute approximate surface area is 133 Å². The van der Waals surface area contributed by atoms with Gasteiger partial charge in [0.25, 0.3) is 0 Å². The molecule has 2 amide bonds. The summed E-state index contributed by atoms with van der Waals surface area (Å²) >= 11 is 3.40. The third-order valence-corrected chi connectivity index (χ3v) is 3.73. The van der Waals surface area contributed by atoms with Crippen molar-refractivity contribution in [1.82, 2.24) is 15.6 Å². The second-order valence-corrected chi connectivity index (χ2v) is 5.78. The summed E-state index contributed by atoms with van der Waals surface area (Å²) in [5.74, 6) is 0. The molecule has 5 heteroatoms. The molecule has 0 radical (unpaired) electrons. The number of urea groups is 1. The Hall–Kier alpha value is -1.88. The maximum absolute atomic E-state index is 12.0. The molecule has 2 N–H and O–H groups in total. The van der Waals surface area contributed by atoms with Crippen LogP contribution < -0.4 is 10.6 Å². The molecule has 2 atom stereocenters. The zero-order valence-electron chi connectivity index (χ0n) is 12.0. The molecule has 0 aliphatic heterocycles. The van der Waals surface area contributed by atoms with Gasteiger partial charge in [-0.25, -0.2) is 4.79 Å². The molecule has 21 heavy (non-hydrogen) atoms. The van der Waals surface area contributed by atoms with E-state index in [-0.39, 0.29) is 18.1 Å². The Kier molecular flexibility index (Phi) is 5.33. The monoisotopic (exact) mass is 347 g/mol. The summed E-state index contributed by atoms with van der Waals surface area (Å²) in [6.07, 6.45) is 1.72. The lowest BCUT2D eigenvalue weighted by Gasteiger charge is -2.18. The summed E-state index contributed by atoms with van der Waals surface area (Å²) in [6, 6.07) is 13.1. The number of hydrogen-bond donors (Lipinski definition) is 2. The van der Waals surface area contributed by atoms with Crippen LogP contribution in [0.3, 0.4) is 0 Å². The molecule has 0 aliphatic carbocycles. The van der Waals surface area contributed by atoms with Crippen molar-refractivity contribution in [2.24, 2.45) is 0 Å². The van der Waals surface area contributed by atoms with Gasteiger partial charge in [0, 0.05) is 10.7 Å². The smallest absolute Gasteiger partial charge is 0.315 e. The largest absolute Gasteiger partial charge is 0.332 e. The van der Waals surface area contributed by atoms with E-state index in [0.717, 1.165) is 15.7 Å². The van der Waals surface area contributed by atoms with E-state index in [1.165, 1.54) is 0 Å². The maximum atomic E-state index is 12.0. The summed E-state index contributed by atoms with van der Waals surface area (Å²) in [5.41, 5.74) is 1.89. The fourth-order valence-corrected chi connectivity index (χ4v) is 2.24. The van der Waals surface area contributed by atoms with Crippen LogP contribution in [0.5, 0.6) is 0 Å². The van der Waals surface area contributed by atoms with Crippen molar-refractivity contribution < 1.29 is 4.79 Å². The van der Waals surface area contributed by atoms with Gasteiger partial charge >= 0.3 is 6.03 Å². The summed E-state index contributed by atoms with van der Waals surface area (Å²) in [7, 11) is 0. The fraction of sp³-hybridized carbons (Fsp3) is 0.250. The van der Waals surface area contributed by atoms with Gasteiger partial charge in [0.2, 0.25) is 0 Å². The Morgan fingerprint density at radius 3 is 2.33 bits per heavy atom. The van der Waals surface area contributed by atoms with Crippen LogP contribution in [0.2, 0.25) is 0 Å². The van der Waals surface area contributed by atoms with Gasteiger partial charge in [-0.2, -0.15) is 0 Å². The quantitative estimate of drug-likeness (QED) is 0.879. The minimum atomic E-state index is -0.205. The van der Waals surface area contributed by atoms with E-state index < -0.39 is 0 Å². The first-order valence-corrected chi connectivity index (χ1v) is 7.59. The summed E-state index contributed by atoms with van der Waals surface area (Å²) in [6.45, 7) is 3.86. The molecule has 2 aromatic rings. The molecule has 110 valence electrons. The summed E-state index contributed by atoms with van der Waals surface area (Å²) in [4.78, 5) is 16.2. The molecule has 0 aliphatic rings. The first-order chi connectivity index (χ1) is 10.1. The molecular formula is C16H18BrN3O. The van der Waals surface area contributed by atoms with Gasteiger partial charge in [0.1, 0.15) is 0 Å². The van der Waals surface area contributed by atoms with Gasteiger partial charge in [0.05, 0.1) is 17.8 Å². The van der Waals surface area contributed by atoms with Gasteiger partial charge in [-0.15, -0.1) is 0 Å². The minimum absolute atomic E-state index is 0.0611. The molecule has 4 nitrogen and oxygen atoms in total. The molecular weight excluding hydrogens is 330 g/mol. The highest BCUT2D eigenvalue weighted by Gasteiger charge is 2.13. The number of halogens is 1. The number of nitrogens with zero attached hydrogens (tertiary/aromatic N) is 1. The molecule has 0 unspecified atom stereocenters. The zero-order valence-corrected chi connectivity index (χ0v) is 13.6. The zero-order chi connectivity index (χ0) is 15.2. The molecule has 0 saturated carbocycles. The van der Waals surface area contributed by atoms with Crippen molar-refractivity contribution in [2.45, 2.75) is 25.9 Å². The van der Waals surface area contributed by atoms with Gasteiger partial charge in [0.15, 0.2) is 0 Å². The van der Waals surface area contributed by atoms with Gasteiger partial charge < -0.3 is 10.6 Å². The van der Waals surface area contributed by atoms with Crippen LogP contribution in [0, 0.1) is 0 Å². The van der Waals surface area contributed by atoms with E-state index in [1.54, 1.807) is 6.20 Å². The highest BCUT2D eigenvalue weighted by molar-refractivity contribution is 9.10. The van der Waals surface area contributed by atoms with Crippen LogP contribution in [-0.2, 0) is 0 Å². The molecule has 0 spiro atoms. The van der Waals surface area contributed by atoms with Crippen LogP contribution in [-0.4, -0.2) is 11.0 Å². The Balaban J connectivity index is 1.91. The van der Waals surface area contributed by atoms with E-state index >= 15 is 0 Å². The lowest BCUT2D eigenvalue weighted by Crippen LogP contribution is -2.38.